The Balaban J connectivity index is 2.21. The molecule has 1 fully saturated rings. The molecule has 0 unspecified atom stereocenters. The van der Waals surface area contributed by atoms with Crippen molar-refractivity contribution in [3.63, 3.8) is 0 Å². The van der Waals surface area contributed by atoms with Gasteiger partial charge in [0.2, 0.25) is 82.7 Å². The first-order chi connectivity index (χ1) is 66.2. The number of rotatable bonds is 68. The van der Waals surface area contributed by atoms with Crippen LogP contribution in [0.1, 0.15) is 152 Å². The molecule has 0 saturated carbocycles. The third kappa shape index (κ3) is 46.8. The highest BCUT2D eigenvalue weighted by Crippen LogP contribution is 2.31. The van der Waals surface area contributed by atoms with E-state index >= 15 is 0 Å². The number of nitrogens with zero attached hydrogens (tertiary/aromatic N) is 3. The van der Waals surface area contributed by atoms with Crippen molar-refractivity contribution in [2.45, 2.75) is 263 Å². The van der Waals surface area contributed by atoms with Gasteiger partial charge in [-0.3, -0.25) is 76.8 Å². The third-order valence-electron chi connectivity index (χ3n) is 23.1. The van der Waals surface area contributed by atoms with Crippen molar-refractivity contribution in [2.75, 3.05) is 134 Å². The number of esters is 1. The minimum absolute atomic E-state index is 0.00953. The molecule has 1 aliphatic heterocycles. The molecule has 0 aliphatic carbocycles. The van der Waals surface area contributed by atoms with Gasteiger partial charge in [0, 0.05) is 86.1 Å². The standard InChI is InChI=1S/C91H154N16O34/c1-17-51(6)76(106(14)87(132)74(49(2)3)104-86(131)75(50(4)5)105(12)13)65(137-15)38-73(122)107-32-21-25-60(107)81(138-16)52(7)82(127)103-58(35-54-23-19-18-20-24-54)85(130)92-30-22-33-140-89(135)53(8)100-69(118)37-59(88(133)134)101-68(117)28-31-93-90(136)141-47-55(36-56(110)39-94-70(119)43-97-72(121)44-98-71(120)42-96-67(116)29-34-139-48-91(9,10)11)83(128)102-57(84(129)99-41-62(112)78(124)80(126)64(114)46-109)26-27-66(115)95-40-61(111)77(123)79(125)63(113)45-108/h18-20,23-24,49-53,55,57-65,74-81,108-109,111-114,123-126H,17,21-22,25-48H2,1-16H3,(H,92,130)(H,93,136)(H,94,119)(H,95,115)(H,96,116)(H,97,121)(H,98,120)(H,99,129)(H,100,118)(H,101,117)(H,102,128)(H,103,127)(H,104,131)(H,133,134)/t51-,52+,53-,55-,57-,58-,59-,60-,61-,62-,63+,64+,65+,74-,75-,76-,77+,78+,79+,80+,81+/m0/s1. The summed E-state index contributed by atoms with van der Waals surface area (Å²) >= 11 is 0. The predicted molar refractivity (Wildman–Crippen MR) is 501 cm³/mol. The smallest absolute Gasteiger partial charge is 0.407 e. The fourth-order valence-electron chi connectivity index (χ4n) is 15.0. The van der Waals surface area contributed by atoms with Gasteiger partial charge >= 0.3 is 18.0 Å². The Labute approximate surface area is 820 Å². The molecule has 1 aliphatic rings. The number of likely N-dealkylation sites (tertiary alicyclic amines) is 1. The molecule has 141 heavy (non-hydrogen) atoms. The molecule has 1 aromatic rings. The van der Waals surface area contributed by atoms with E-state index in [0.29, 0.717) is 38.0 Å². The quantitative estimate of drug-likeness (QED) is 0.0213. The van der Waals surface area contributed by atoms with Crippen LogP contribution in [0, 0.1) is 35.0 Å². The topological polar surface area (TPSA) is 742 Å². The molecule has 2 rings (SSSR count). The van der Waals surface area contributed by atoms with Crippen LogP contribution in [0.15, 0.2) is 30.3 Å². The molecule has 0 radical (unpaired) electrons. The van der Waals surface area contributed by atoms with E-state index in [2.05, 4.69) is 69.1 Å². The largest absolute Gasteiger partial charge is 0.480 e. The van der Waals surface area contributed by atoms with Gasteiger partial charge in [0.25, 0.3) is 0 Å². The fourth-order valence-corrected chi connectivity index (χ4v) is 15.0. The Morgan fingerprint density at radius 1 is 0.525 bits per heavy atom. The van der Waals surface area contributed by atoms with Gasteiger partial charge in [0.05, 0.1) is 126 Å². The van der Waals surface area contributed by atoms with E-state index in [1.807, 2.05) is 62.3 Å². The number of ketones is 1. The number of methoxy groups -OCH3 is 2. The molecular formula is C91H154N16O34. The Morgan fingerprint density at radius 3 is 1.60 bits per heavy atom. The number of aliphatic carboxylic acids is 1. The average Bonchev–Trinajstić information content (AvgIpc) is 1.75. The van der Waals surface area contributed by atoms with E-state index < -0.39 is 308 Å². The predicted octanol–water partition coefficient (Wildman–Crippen LogP) is -8.15. The van der Waals surface area contributed by atoms with Crippen molar-refractivity contribution in [2.24, 2.45) is 35.0 Å². The molecule has 50 heteroatoms. The van der Waals surface area contributed by atoms with E-state index in [1.165, 1.54) is 21.1 Å². The first kappa shape index (κ1) is 126. The highest BCUT2D eigenvalue weighted by molar-refractivity contribution is 5.96. The number of carboxylic acid groups (broad SMARTS) is 1. The van der Waals surface area contributed by atoms with Gasteiger partial charge in [-0.15, -0.1) is 0 Å². The van der Waals surface area contributed by atoms with Gasteiger partial charge in [-0.1, -0.05) is 106 Å². The lowest BCUT2D eigenvalue weighted by atomic mass is 9.89. The van der Waals surface area contributed by atoms with Crippen molar-refractivity contribution in [1.82, 2.24) is 83.8 Å². The summed E-state index contributed by atoms with van der Waals surface area (Å²) in [6.45, 7) is 11.9. The molecule has 802 valence electrons. The molecule has 1 aromatic carbocycles. The molecule has 0 spiro atoms. The van der Waals surface area contributed by atoms with Crippen molar-refractivity contribution in [1.29, 1.82) is 0 Å². The van der Waals surface area contributed by atoms with E-state index in [0.717, 1.165) is 0 Å². The number of hydrogen-bond acceptors (Lipinski definition) is 34. The molecule has 21 atom stereocenters. The number of carboxylic acids is 1. The van der Waals surface area contributed by atoms with Crippen LogP contribution in [0.25, 0.3) is 0 Å². The van der Waals surface area contributed by atoms with Gasteiger partial charge in [-0.2, -0.15) is 0 Å². The monoisotopic (exact) mass is 2020 g/mol. The summed E-state index contributed by atoms with van der Waals surface area (Å²) in [5.41, 5.74) is 0.537. The number of ether oxygens (including phenoxy) is 5. The fraction of sp³-hybridized carbons (Fsp3) is 0.736. The number of aliphatic hydroxyl groups is 10. The number of carbonyl (C=O) groups is 18. The van der Waals surface area contributed by atoms with Crippen LogP contribution < -0.4 is 69.1 Å². The summed E-state index contributed by atoms with van der Waals surface area (Å²) in [6, 6.07) is -0.231. The summed E-state index contributed by atoms with van der Waals surface area (Å²) in [5.74, 6) is -18.2. The molecule has 24 N–H and O–H groups in total. The summed E-state index contributed by atoms with van der Waals surface area (Å²) in [5, 5.41) is 140. The average molecular weight is 2020 g/mol. The second kappa shape index (κ2) is 65.3. The summed E-state index contributed by atoms with van der Waals surface area (Å²) in [7, 11) is 8.16. The third-order valence-corrected chi connectivity index (χ3v) is 23.1. The van der Waals surface area contributed by atoms with Crippen LogP contribution >= 0.6 is 0 Å². The van der Waals surface area contributed by atoms with Crippen LogP contribution in [0.4, 0.5) is 4.79 Å². The summed E-state index contributed by atoms with van der Waals surface area (Å²) < 4.78 is 28.1. The molecule has 1 heterocycles. The van der Waals surface area contributed by atoms with Crippen molar-refractivity contribution < 1.29 is 166 Å². The minimum atomic E-state index is -2.23. The number of amides is 15. The zero-order valence-electron chi connectivity index (χ0n) is 83.4. The van der Waals surface area contributed by atoms with Gasteiger partial charge in [-0.25, -0.2) is 14.4 Å². The number of nitrogens with one attached hydrogen (secondary N) is 13. The lowest BCUT2D eigenvalue weighted by Crippen LogP contribution is -2.59. The molecular weight excluding hydrogens is 1860 g/mol. The highest BCUT2D eigenvalue weighted by atomic mass is 16.6. The van der Waals surface area contributed by atoms with Crippen LogP contribution in [-0.2, 0) is 112 Å². The lowest BCUT2D eigenvalue weighted by molar-refractivity contribution is -0.148. The Bertz CT molecular complexity index is 4140. The number of Topliss-reactive ketones (excluding diaryl/α,β-unsaturated/α-hetero) is 1. The van der Waals surface area contributed by atoms with Crippen LogP contribution in [0.5, 0.6) is 0 Å². The van der Waals surface area contributed by atoms with E-state index in [9.17, 15) is 137 Å². The molecule has 1 saturated heterocycles. The Hall–Kier alpha value is -10.9. The summed E-state index contributed by atoms with van der Waals surface area (Å²) in [6.07, 6.45) is -22.4. The maximum absolute atomic E-state index is 14.7. The number of carbonyl (C=O) groups excluding carboxylic acids is 17. The summed E-state index contributed by atoms with van der Waals surface area (Å²) in [4.78, 5) is 246. The minimum Gasteiger partial charge on any atom is -0.480 e. The maximum Gasteiger partial charge on any atom is 0.407 e. The number of benzene rings is 1. The van der Waals surface area contributed by atoms with E-state index in [-0.39, 0.29) is 86.3 Å². The lowest BCUT2D eigenvalue weighted by Gasteiger charge is -2.41. The first-order valence-corrected chi connectivity index (χ1v) is 47.0. The molecule has 50 nitrogen and oxygen atoms in total. The molecule has 0 bridgehead atoms. The second-order valence-electron chi connectivity index (χ2n) is 36.9. The van der Waals surface area contributed by atoms with Gasteiger partial charge < -0.3 is 159 Å². The SMILES string of the molecule is CC[C@H](C)[C@@H]([C@@H](CC(=O)N1CCC[C@H]1[C@H](OC)[C@@H](C)C(=O)N[C@@H](Cc1ccccc1)C(=O)NCCCOC(=O)[C@H](C)NC(=O)C[C@H](NC(=O)CCNC(=O)OC[C@H](CC(=O)CNC(=O)CNC(=O)CNC(=O)CNC(=O)CCOCC(C)(C)C)C(=O)N[C@@H](CCC(=O)NC[C@H](O)[C@@H](O)[C@H](O)[C@H](O)CO)C(=O)NC[C@H](O)[C@@H](O)[C@H](O)[C@H](O)CO)C(=O)O)OC)N(C)C(=O)[C@@H](NC(=O)[C@H](C(C)C)N(C)C)C(C)C. The normalized spacial score (nSPS) is 16.9. The van der Waals surface area contributed by atoms with Crippen LogP contribution in [0.3, 0.4) is 0 Å². The van der Waals surface area contributed by atoms with Crippen LogP contribution in [0.2, 0.25) is 0 Å². The van der Waals surface area contributed by atoms with Gasteiger partial charge in [-0.05, 0) is 75.4 Å². The first-order valence-electron chi connectivity index (χ1n) is 47.0. The second-order valence-corrected chi connectivity index (χ2v) is 36.9. The van der Waals surface area contributed by atoms with Crippen molar-refractivity contribution >= 4 is 107 Å². The number of alkyl carbamates (subject to hydrolysis) is 1. The number of aliphatic hydroxyl groups excluding tert-OH is 10. The molecule has 15 amide bonds. The number of hydrogen-bond donors (Lipinski definition) is 24. The Morgan fingerprint density at radius 2 is 1.07 bits per heavy atom. The zero-order chi connectivity index (χ0) is 107. The van der Waals surface area contributed by atoms with E-state index in [1.54, 1.807) is 73.1 Å². The maximum atomic E-state index is 14.7. The Kier molecular flexibility index (Phi) is 58.5. The molecule has 0 aromatic heterocycles. The van der Waals surface area contributed by atoms with Gasteiger partial charge in [0.15, 0.2) is 5.78 Å². The van der Waals surface area contributed by atoms with Crippen molar-refractivity contribution in [3.05, 3.63) is 35.9 Å². The van der Waals surface area contributed by atoms with Gasteiger partial charge in [0.1, 0.15) is 73.4 Å². The zero-order valence-corrected chi connectivity index (χ0v) is 83.4. The van der Waals surface area contributed by atoms with E-state index in [4.69, 9.17) is 28.8 Å². The highest BCUT2D eigenvalue weighted by Gasteiger charge is 2.45. The van der Waals surface area contributed by atoms with Crippen LogP contribution in [-0.4, -0.2) is 421 Å². The van der Waals surface area contributed by atoms with Crippen molar-refractivity contribution in [3.8, 4) is 0 Å². The number of likely N-dealkylation sites (N-methyl/N-ethyl adjacent to an activating group) is 2.